The summed E-state index contributed by atoms with van der Waals surface area (Å²) in [7, 11) is 0. The largest absolute Gasteiger partial charge is 0.389 e. The zero-order valence-corrected chi connectivity index (χ0v) is 7.37. The van der Waals surface area contributed by atoms with Crippen molar-refractivity contribution >= 4 is 0 Å². The first-order valence-electron chi connectivity index (χ1n) is 5.24. The molecule has 0 heterocycles. The monoisotopic (exact) mass is 164 g/mol. The van der Waals surface area contributed by atoms with Gasteiger partial charge < -0.3 is 5.11 Å². The van der Waals surface area contributed by atoms with Gasteiger partial charge in [0.15, 0.2) is 0 Å². The first-order valence-corrected chi connectivity index (χ1v) is 5.24. The Labute approximate surface area is 73.5 Å². The van der Waals surface area contributed by atoms with E-state index >= 15 is 0 Å². The SMILES string of the molecule is O[C@H]1C=C2[C@H]3CCC[C@@H](C3)[C@H]2C1. The molecule has 1 N–H and O–H groups in total. The minimum atomic E-state index is -0.103. The second kappa shape index (κ2) is 2.35. The molecule has 0 aromatic rings. The summed E-state index contributed by atoms with van der Waals surface area (Å²) >= 11 is 0. The minimum Gasteiger partial charge on any atom is -0.389 e. The number of fused-ring (bicyclic) bond motifs is 5. The Balaban J connectivity index is 1.95. The Kier molecular flexibility index (Phi) is 1.40. The van der Waals surface area contributed by atoms with E-state index in [9.17, 15) is 5.11 Å². The van der Waals surface area contributed by atoms with E-state index in [1.807, 2.05) is 0 Å². The van der Waals surface area contributed by atoms with Crippen molar-refractivity contribution in [2.45, 2.75) is 38.2 Å². The van der Waals surface area contributed by atoms with Crippen LogP contribution in [0.15, 0.2) is 11.6 Å². The van der Waals surface area contributed by atoms with Gasteiger partial charge in [0, 0.05) is 0 Å². The molecule has 2 fully saturated rings. The third-order valence-corrected chi connectivity index (χ3v) is 4.06. The lowest BCUT2D eigenvalue weighted by Gasteiger charge is -2.20. The van der Waals surface area contributed by atoms with Crippen molar-refractivity contribution in [2.24, 2.45) is 17.8 Å². The topological polar surface area (TPSA) is 20.2 Å². The van der Waals surface area contributed by atoms with Crippen LogP contribution in [0, 0.1) is 17.8 Å². The fourth-order valence-electron chi connectivity index (χ4n) is 3.61. The molecule has 0 spiro atoms. The van der Waals surface area contributed by atoms with Gasteiger partial charge >= 0.3 is 0 Å². The zero-order chi connectivity index (χ0) is 8.13. The molecule has 3 aliphatic rings. The van der Waals surface area contributed by atoms with E-state index < -0.39 is 0 Å². The van der Waals surface area contributed by atoms with Crippen LogP contribution >= 0.6 is 0 Å². The average molecular weight is 164 g/mol. The molecule has 0 saturated heterocycles. The van der Waals surface area contributed by atoms with E-state index in [0.717, 1.165) is 24.2 Å². The highest BCUT2D eigenvalue weighted by Crippen LogP contribution is 2.53. The van der Waals surface area contributed by atoms with Gasteiger partial charge in [0.25, 0.3) is 0 Å². The molecule has 12 heavy (non-hydrogen) atoms. The maximum atomic E-state index is 9.51. The van der Waals surface area contributed by atoms with Crippen molar-refractivity contribution in [2.75, 3.05) is 0 Å². The minimum absolute atomic E-state index is 0.103. The number of hydrogen-bond donors (Lipinski definition) is 1. The fourth-order valence-corrected chi connectivity index (χ4v) is 3.61. The van der Waals surface area contributed by atoms with Crippen LogP contribution in [0.4, 0.5) is 0 Å². The molecular formula is C11H16O. The predicted molar refractivity (Wildman–Crippen MR) is 47.6 cm³/mol. The Morgan fingerprint density at radius 3 is 3.08 bits per heavy atom. The molecule has 2 saturated carbocycles. The van der Waals surface area contributed by atoms with Crippen molar-refractivity contribution in [1.82, 2.24) is 0 Å². The van der Waals surface area contributed by atoms with Crippen molar-refractivity contribution in [3.63, 3.8) is 0 Å². The first-order chi connectivity index (χ1) is 5.84. The van der Waals surface area contributed by atoms with Crippen molar-refractivity contribution < 1.29 is 5.11 Å². The van der Waals surface area contributed by atoms with Gasteiger partial charge in [-0.05, 0) is 43.4 Å². The number of rotatable bonds is 0. The Bertz CT molecular complexity index is 231. The molecule has 1 nitrogen and oxygen atoms in total. The van der Waals surface area contributed by atoms with Gasteiger partial charge in [0.05, 0.1) is 6.10 Å². The van der Waals surface area contributed by atoms with Crippen molar-refractivity contribution in [3.05, 3.63) is 11.6 Å². The van der Waals surface area contributed by atoms with Gasteiger partial charge in [0.2, 0.25) is 0 Å². The Hall–Kier alpha value is -0.300. The summed E-state index contributed by atoms with van der Waals surface area (Å²) < 4.78 is 0. The summed E-state index contributed by atoms with van der Waals surface area (Å²) in [4.78, 5) is 0. The van der Waals surface area contributed by atoms with Crippen molar-refractivity contribution in [3.8, 4) is 0 Å². The van der Waals surface area contributed by atoms with Crippen LogP contribution < -0.4 is 0 Å². The molecule has 0 aromatic carbocycles. The van der Waals surface area contributed by atoms with E-state index in [1.165, 1.54) is 25.7 Å². The number of allylic oxidation sites excluding steroid dienone is 1. The molecule has 0 unspecified atom stereocenters. The maximum absolute atomic E-state index is 9.51. The summed E-state index contributed by atoms with van der Waals surface area (Å²) in [5, 5.41) is 9.51. The quantitative estimate of drug-likeness (QED) is 0.544. The Morgan fingerprint density at radius 1 is 1.25 bits per heavy atom. The highest BCUT2D eigenvalue weighted by molar-refractivity contribution is 5.26. The second-order valence-electron chi connectivity index (χ2n) is 4.70. The molecule has 4 atom stereocenters. The van der Waals surface area contributed by atoms with E-state index in [1.54, 1.807) is 5.57 Å². The van der Waals surface area contributed by atoms with E-state index in [-0.39, 0.29) is 6.10 Å². The van der Waals surface area contributed by atoms with Crippen LogP contribution in [0.1, 0.15) is 32.1 Å². The highest BCUT2D eigenvalue weighted by Gasteiger charge is 2.44. The normalized spacial score (nSPS) is 50.6. The van der Waals surface area contributed by atoms with Gasteiger partial charge in [-0.25, -0.2) is 0 Å². The summed E-state index contributed by atoms with van der Waals surface area (Å²) in [6.45, 7) is 0. The second-order valence-corrected chi connectivity index (χ2v) is 4.70. The van der Waals surface area contributed by atoms with Crippen molar-refractivity contribution in [1.29, 1.82) is 0 Å². The molecule has 2 bridgehead atoms. The number of hydrogen-bond acceptors (Lipinski definition) is 1. The van der Waals surface area contributed by atoms with Gasteiger partial charge in [-0.15, -0.1) is 0 Å². The van der Waals surface area contributed by atoms with Gasteiger partial charge in [-0.3, -0.25) is 0 Å². The average Bonchev–Trinajstić information content (AvgIpc) is 2.55. The van der Waals surface area contributed by atoms with Crippen LogP contribution in [-0.2, 0) is 0 Å². The third kappa shape index (κ3) is 0.832. The molecule has 0 radical (unpaired) electrons. The lowest BCUT2D eigenvalue weighted by molar-refractivity contribution is 0.190. The summed E-state index contributed by atoms with van der Waals surface area (Å²) in [6.07, 6.45) is 8.77. The van der Waals surface area contributed by atoms with Crippen LogP contribution in [0.3, 0.4) is 0 Å². The summed E-state index contributed by atoms with van der Waals surface area (Å²) in [5.41, 5.74) is 1.63. The van der Waals surface area contributed by atoms with Gasteiger partial charge in [-0.1, -0.05) is 18.1 Å². The Morgan fingerprint density at radius 2 is 2.17 bits per heavy atom. The molecule has 1 heteroatoms. The lowest BCUT2D eigenvalue weighted by atomic mass is 9.85. The number of aliphatic hydroxyl groups is 1. The zero-order valence-electron chi connectivity index (χ0n) is 7.37. The maximum Gasteiger partial charge on any atom is 0.0729 e. The van der Waals surface area contributed by atoms with Crippen LogP contribution in [0.5, 0.6) is 0 Å². The smallest absolute Gasteiger partial charge is 0.0729 e. The molecule has 0 amide bonds. The summed E-state index contributed by atoms with van der Waals surface area (Å²) in [5.74, 6) is 2.59. The molecule has 3 aliphatic carbocycles. The van der Waals surface area contributed by atoms with Gasteiger partial charge in [-0.2, -0.15) is 0 Å². The molecule has 0 aromatic heterocycles. The van der Waals surface area contributed by atoms with Crippen LogP contribution in [0.2, 0.25) is 0 Å². The highest BCUT2D eigenvalue weighted by atomic mass is 16.3. The molecule has 0 aliphatic heterocycles. The van der Waals surface area contributed by atoms with E-state index in [0.29, 0.717) is 0 Å². The summed E-state index contributed by atoms with van der Waals surface area (Å²) in [6, 6.07) is 0. The van der Waals surface area contributed by atoms with Crippen LogP contribution in [0.25, 0.3) is 0 Å². The van der Waals surface area contributed by atoms with E-state index in [4.69, 9.17) is 0 Å². The standard InChI is InChI=1S/C11H16O/c12-9-5-10-7-2-1-3-8(4-7)11(10)6-9/h5,7-9,11-12H,1-4,6H2/t7-,8-,9-,11+/m0/s1. The fraction of sp³-hybridized carbons (Fsp3) is 0.818. The van der Waals surface area contributed by atoms with E-state index in [2.05, 4.69) is 6.08 Å². The third-order valence-electron chi connectivity index (χ3n) is 4.06. The lowest BCUT2D eigenvalue weighted by Crippen LogP contribution is -2.12. The molecule has 3 rings (SSSR count). The number of aliphatic hydroxyl groups excluding tert-OH is 1. The van der Waals surface area contributed by atoms with Gasteiger partial charge in [0.1, 0.15) is 0 Å². The van der Waals surface area contributed by atoms with Crippen LogP contribution in [-0.4, -0.2) is 11.2 Å². The molecule has 66 valence electrons. The molecular weight excluding hydrogens is 148 g/mol. The predicted octanol–water partition coefficient (Wildman–Crippen LogP) is 2.11. The first kappa shape index (κ1) is 7.14.